The summed E-state index contributed by atoms with van der Waals surface area (Å²) in [5.41, 5.74) is 7.22. The molecule has 0 aromatic carbocycles. The minimum atomic E-state index is -0.291. The molecule has 0 aromatic heterocycles. The van der Waals surface area contributed by atoms with Crippen molar-refractivity contribution in [1.29, 1.82) is 0 Å². The molecule has 0 aliphatic heterocycles. The summed E-state index contributed by atoms with van der Waals surface area (Å²) in [5.74, 6) is -0.291. The summed E-state index contributed by atoms with van der Waals surface area (Å²) >= 11 is 3.37. The summed E-state index contributed by atoms with van der Waals surface area (Å²) in [6.45, 7) is 7.61. The molecule has 78 valence electrons. The van der Waals surface area contributed by atoms with E-state index in [0.717, 1.165) is 22.0 Å². The first-order chi connectivity index (χ1) is 6.51. The maximum atomic E-state index is 10.7. The van der Waals surface area contributed by atoms with Crippen LogP contribution in [0.1, 0.15) is 26.7 Å². The van der Waals surface area contributed by atoms with Gasteiger partial charge in [0.05, 0.1) is 0 Å². The van der Waals surface area contributed by atoms with Crippen molar-refractivity contribution in [3.8, 4) is 0 Å². The topological polar surface area (TPSA) is 43.1 Å². The van der Waals surface area contributed by atoms with Gasteiger partial charge < -0.3 is 5.73 Å². The van der Waals surface area contributed by atoms with E-state index < -0.39 is 0 Å². The Hall–Kier alpha value is -0.830. The molecule has 0 saturated carbocycles. The van der Waals surface area contributed by atoms with E-state index in [-0.39, 0.29) is 5.91 Å². The van der Waals surface area contributed by atoms with Crippen LogP contribution in [0.3, 0.4) is 0 Å². The van der Waals surface area contributed by atoms with Crippen molar-refractivity contribution in [2.24, 2.45) is 5.73 Å². The van der Waals surface area contributed by atoms with E-state index in [2.05, 4.69) is 22.5 Å². The Morgan fingerprint density at radius 3 is 2.50 bits per heavy atom. The molecule has 2 N–H and O–H groups in total. The van der Waals surface area contributed by atoms with Gasteiger partial charge in [-0.2, -0.15) is 0 Å². The third-order valence-corrected chi connectivity index (χ3v) is 2.78. The van der Waals surface area contributed by atoms with E-state index >= 15 is 0 Å². The molecule has 0 fully saturated rings. The van der Waals surface area contributed by atoms with Gasteiger partial charge in [-0.25, -0.2) is 0 Å². The average molecular weight is 258 g/mol. The Bertz CT molecular complexity index is 290. The van der Waals surface area contributed by atoms with Gasteiger partial charge in [0, 0.05) is 10.9 Å². The molecule has 0 aliphatic carbocycles. The highest BCUT2D eigenvalue weighted by molar-refractivity contribution is 9.11. The van der Waals surface area contributed by atoms with Gasteiger partial charge in [-0.15, -0.1) is 0 Å². The van der Waals surface area contributed by atoms with Crippen LogP contribution in [-0.4, -0.2) is 5.91 Å². The lowest BCUT2D eigenvalue weighted by Crippen LogP contribution is -2.11. The third kappa shape index (κ3) is 5.02. The number of allylic oxidation sites excluding steroid dienone is 4. The van der Waals surface area contributed by atoms with E-state index in [0.29, 0.717) is 6.42 Å². The largest absolute Gasteiger partial charge is 0.369 e. The van der Waals surface area contributed by atoms with Crippen LogP contribution < -0.4 is 5.73 Å². The van der Waals surface area contributed by atoms with E-state index in [1.54, 1.807) is 6.08 Å². The Labute approximate surface area is 93.7 Å². The highest BCUT2D eigenvalue weighted by Gasteiger charge is 2.00. The lowest BCUT2D eigenvalue weighted by atomic mass is 10.1. The molecule has 0 bridgehead atoms. The Morgan fingerprint density at radius 1 is 1.57 bits per heavy atom. The smallest absolute Gasteiger partial charge is 0.221 e. The van der Waals surface area contributed by atoms with Gasteiger partial charge in [-0.1, -0.05) is 47.2 Å². The summed E-state index contributed by atoms with van der Waals surface area (Å²) in [4.78, 5) is 10.7. The molecule has 0 aliphatic rings. The second-order valence-electron chi connectivity index (χ2n) is 3.03. The van der Waals surface area contributed by atoms with Gasteiger partial charge in [-0.05, 0) is 18.9 Å². The fourth-order valence-electron chi connectivity index (χ4n) is 1.04. The number of nitrogens with two attached hydrogens (primary N) is 1. The van der Waals surface area contributed by atoms with E-state index in [1.807, 2.05) is 19.9 Å². The Balaban J connectivity index is 4.75. The first kappa shape index (κ1) is 13.2. The van der Waals surface area contributed by atoms with Gasteiger partial charge in [-0.3, -0.25) is 4.79 Å². The van der Waals surface area contributed by atoms with Crippen LogP contribution in [0, 0.1) is 0 Å². The van der Waals surface area contributed by atoms with E-state index in [9.17, 15) is 4.79 Å². The molecule has 0 aromatic rings. The van der Waals surface area contributed by atoms with Gasteiger partial charge >= 0.3 is 0 Å². The fraction of sp³-hybridized carbons (Fsp3) is 0.364. The van der Waals surface area contributed by atoms with Crippen molar-refractivity contribution >= 4 is 21.8 Å². The lowest BCUT2D eigenvalue weighted by Gasteiger charge is -2.02. The van der Waals surface area contributed by atoms with Crippen molar-refractivity contribution in [2.75, 3.05) is 0 Å². The van der Waals surface area contributed by atoms with Gasteiger partial charge in [0.15, 0.2) is 0 Å². The second kappa shape index (κ2) is 6.60. The molecule has 2 nitrogen and oxygen atoms in total. The van der Waals surface area contributed by atoms with Crippen molar-refractivity contribution in [3.63, 3.8) is 0 Å². The number of carbonyl (C=O) groups excluding carboxylic acids is 1. The summed E-state index contributed by atoms with van der Waals surface area (Å²) in [6.07, 6.45) is 4.85. The first-order valence-corrected chi connectivity index (χ1v) is 5.27. The molecule has 0 atom stereocenters. The zero-order valence-corrected chi connectivity index (χ0v) is 10.2. The molecular weight excluding hydrogens is 242 g/mol. The monoisotopic (exact) mass is 257 g/mol. The second-order valence-corrected chi connectivity index (χ2v) is 3.89. The number of halogens is 1. The molecular formula is C11H16BrNO. The van der Waals surface area contributed by atoms with Crippen LogP contribution in [0.5, 0.6) is 0 Å². The van der Waals surface area contributed by atoms with Crippen LogP contribution in [0.2, 0.25) is 0 Å². The molecule has 14 heavy (non-hydrogen) atoms. The predicted molar refractivity (Wildman–Crippen MR) is 64.0 cm³/mol. The highest BCUT2D eigenvalue weighted by atomic mass is 79.9. The predicted octanol–water partition coefficient (Wildman–Crippen LogP) is 3.05. The molecule has 0 spiro atoms. The van der Waals surface area contributed by atoms with Crippen molar-refractivity contribution < 1.29 is 4.79 Å². The summed E-state index contributed by atoms with van der Waals surface area (Å²) in [7, 11) is 0. The maximum absolute atomic E-state index is 10.7. The summed E-state index contributed by atoms with van der Waals surface area (Å²) in [5, 5.41) is 0. The molecule has 0 heterocycles. The van der Waals surface area contributed by atoms with Gasteiger partial charge in [0.2, 0.25) is 5.91 Å². The SMILES string of the molecule is C=C/C(Br)=C(C)\C=C(/CC)CC(N)=O. The molecule has 0 saturated heterocycles. The number of hydrogen-bond acceptors (Lipinski definition) is 1. The average Bonchev–Trinajstić information content (AvgIpc) is 2.14. The summed E-state index contributed by atoms with van der Waals surface area (Å²) < 4.78 is 0.938. The molecule has 0 rings (SSSR count). The molecule has 3 heteroatoms. The third-order valence-electron chi connectivity index (χ3n) is 1.83. The minimum absolute atomic E-state index is 0.291. The fourth-order valence-corrected chi connectivity index (χ4v) is 1.15. The van der Waals surface area contributed by atoms with Crippen LogP contribution >= 0.6 is 15.9 Å². The maximum Gasteiger partial charge on any atom is 0.221 e. The number of primary amides is 1. The first-order valence-electron chi connectivity index (χ1n) is 4.47. The normalized spacial score (nSPS) is 13.5. The molecule has 1 amide bonds. The number of hydrogen-bond donors (Lipinski definition) is 1. The number of rotatable bonds is 5. The summed E-state index contributed by atoms with van der Waals surface area (Å²) in [6, 6.07) is 0. The standard InChI is InChI=1S/C11H16BrNO/c1-4-9(7-11(13)14)6-8(3)10(12)5-2/h5-6H,2,4,7H2,1,3H3,(H2,13,14)/b9-6+,10-8+. The van der Waals surface area contributed by atoms with Crippen LogP contribution in [0.4, 0.5) is 0 Å². The van der Waals surface area contributed by atoms with Crippen LogP contribution in [-0.2, 0) is 4.79 Å². The number of amides is 1. The van der Waals surface area contributed by atoms with E-state index in [1.165, 1.54) is 0 Å². The lowest BCUT2D eigenvalue weighted by molar-refractivity contribution is -0.117. The van der Waals surface area contributed by atoms with Crippen molar-refractivity contribution in [3.05, 3.63) is 34.4 Å². The number of carbonyl (C=O) groups is 1. The van der Waals surface area contributed by atoms with E-state index in [4.69, 9.17) is 5.73 Å². The van der Waals surface area contributed by atoms with Crippen molar-refractivity contribution in [1.82, 2.24) is 0 Å². The van der Waals surface area contributed by atoms with Crippen LogP contribution in [0.15, 0.2) is 34.4 Å². The molecule has 0 unspecified atom stereocenters. The Morgan fingerprint density at radius 2 is 2.14 bits per heavy atom. The van der Waals surface area contributed by atoms with Gasteiger partial charge in [0.1, 0.15) is 0 Å². The van der Waals surface area contributed by atoms with Crippen molar-refractivity contribution in [2.45, 2.75) is 26.7 Å². The van der Waals surface area contributed by atoms with Crippen LogP contribution in [0.25, 0.3) is 0 Å². The van der Waals surface area contributed by atoms with Gasteiger partial charge in [0.25, 0.3) is 0 Å². The minimum Gasteiger partial charge on any atom is -0.369 e. The Kier molecular flexibility index (Phi) is 6.21. The highest BCUT2D eigenvalue weighted by Crippen LogP contribution is 2.17. The molecule has 0 radical (unpaired) electrons. The quantitative estimate of drug-likeness (QED) is 0.756. The zero-order valence-electron chi connectivity index (χ0n) is 8.64. The zero-order chi connectivity index (χ0) is 11.1.